The second-order valence-electron chi connectivity index (χ2n) is 2.49. The predicted octanol–water partition coefficient (Wildman–Crippen LogP) is 3.43. The van der Waals surface area contributed by atoms with Crippen LogP contribution in [0, 0.1) is 0 Å². The molecule has 2 N–H and O–H groups in total. The first-order chi connectivity index (χ1) is 5.66. The Morgan fingerprint density at radius 1 is 1.33 bits per heavy atom. The van der Waals surface area contributed by atoms with Crippen LogP contribution in [-0.4, -0.2) is 0 Å². The fourth-order valence-corrected chi connectivity index (χ4v) is 2.75. The zero-order valence-electron chi connectivity index (χ0n) is 6.04. The summed E-state index contributed by atoms with van der Waals surface area (Å²) in [5, 5.41) is 2.51. The second kappa shape index (κ2) is 2.83. The Bertz CT molecular complexity index is 436. The van der Waals surface area contributed by atoms with Crippen molar-refractivity contribution in [1.82, 2.24) is 0 Å². The van der Waals surface area contributed by atoms with Crippen LogP contribution < -0.4 is 5.73 Å². The molecule has 62 valence electrons. The smallest absolute Gasteiger partial charge is 0.0869 e. The summed E-state index contributed by atoms with van der Waals surface area (Å²) in [5.74, 6) is 0. The lowest BCUT2D eigenvalue weighted by molar-refractivity contribution is 1.54. The number of nitrogen functional groups attached to an aromatic ring is 1. The lowest BCUT2D eigenvalue weighted by Crippen LogP contribution is -1.73. The molecule has 12 heavy (non-hydrogen) atoms. The minimum absolute atomic E-state index is 0.713. The molecule has 0 aliphatic rings. The number of halogens is 1. The van der Waals surface area contributed by atoms with E-state index in [0.717, 1.165) is 20.0 Å². The van der Waals surface area contributed by atoms with E-state index in [-0.39, 0.29) is 0 Å². The summed E-state index contributed by atoms with van der Waals surface area (Å²) >= 11 is 11.7. The molecule has 0 amide bonds. The predicted molar refractivity (Wildman–Crippen MR) is 58.5 cm³/mol. The molecule has 0 bridgehead atoms. The Hall–Kier alpha value is -0.380. The molecule has 4 heteroatoms. The normalized spacial score (nSPS) is 10.8. The highest BCUT2D eigenvalue weighted by Gasteiger charge is 2.03. The van der Waals surface area contributed by atoms with Gasteiger partial charge in [-0.15, -0.1) is 24.0 Å². The van der Waals surface area contributed by atoms with Gasteiger partial charge in [0.25, 0.3) is 0 Å². The van der Waals surface area contributed by atoms with E-state index >= 15 is 0 Å². The van der Waals surface area contributed by atoms with Gasteiger partial charge in [-0.25, -0.2) is 0 Å². The van der Waals surface area contributed by atoms with E-state index in [2.05, 4.69) is 12.6 Å². The molecule has 1 aromatic heterocycles. The molecule has 0 saturated carbocycles. The number of thiophene rings is 1. The van der Waals surface area contributed by atoms with Gasteiger partial charge in [0.05, 0.1) is 10.0 Å². The van der Waals surface area contributed by atoms with Crippen molar-refractivity contribution in [2.75, 3.05) is 5.73 Å². The molecular weight excluding hydrogens is 210 g/mol. The first-order valence-electron chi connectivity index (χ1n) is 3.34. The monoisotopic (exact) mass is 215 g/mol. The van der Waals surface area contributed by atoms with Gasteiger partial charge in [-0.2, -0.15) is 0 Å². The van der Waals surface area contributed by atoms with Gasteiger partial charge in [0, 0.05) is 15.0 Å². The van der Waals surface area contributed by atoms with E-state index in [9.17, 15) is 0 Å². The number of fused-ring (bicyclic) bond motifs is 1. The summed E-state index contributed by atoms with van der Waals surface area (Å²) in [6.07, 6.45) is 0. The highest BCUT2D eigenvalue weighted by Crippen LogP contribution is 2.34. The molecule has 1 aromatic carbocycles. The number of nitrogens with two attached hydrogens (primary N) is 1. The van der Waals surface area contributed by atoms with Gasteiger partial charge in [0.1, 0.15) is 0 Å². The van der Waals surface area contributed by atoms with Gasteiger partial charge in [-0.05, 0) is 18.2 Å². The number of hydrogen-bond donors (Lipinski definition) is 2. The van der Waals surface area contributed by atoms with Crippen molar-refractivity contribution in [3.63, 3.8) is 0 Å². The van der Waals surface area contributed by atoms with Crippen LogP contribution in [0.4, 0.5) is 5.00 Å². The molecule has 2 aromatic rings. The Kier molecular flexibility index (Phi) is 1.94. The average Bonchev–Trinajstić information content (AvgIpc) is 2.29. The molecule has 1 nitrogen and oxygen atoms in total. The molecule has 0 aliphatic heterocycles. The van der Waals surface area contributed by atoms with E-state index in [1.54, 1.807) is 0 Å². The molecule has 0 saturated heterocycles. The zero-order valence-corrected chi connectivity index (χ0v) is 8.51. The third-order valence-electron chi connectivity index (χ3n) is 1.59. The van der Waals surface area contributed by atoms with E-state index in [4.69, 9.17) is 17.3 Å². The van der Waals surface area contributed by atoms with Crippen LogP contribution in [0.25, 0.3) is 10.1 Å². The number of benzene rings is 1. The first kappa shape index (κ1) is 8.23. The number of anilines is 1. The van der Waals surface area contributed by atoms with Gasteiger partial charge < -0.3 is 5.73 Å². The standard InChI is InChI=1S/C8H6ClNS2/c9-6-1-4(11)2-7-5(6)3-8(10)12-7/h1-3,11H,10H2. The molecule has 0 spiro atoms. The number of thiol groups is 1. The largest absolute Gasteiger partial charge is 0.391 e. The van der Waals surface area contributed by atoms with Crippen LogP contribution in [0.15, 0.2) is 23.1 Å². The number of hydrogen-bond acceptors (Lipinski definition) is 3. The first-order valence-corrected chi connectivity index (χ1v) is 4.98. The molecule has 0 unspecified atom stereocenters. The third kappa shape index (κ3) is 1.28. The Morgan fingerprint density at radius 2 is 2.08 bits per heavy atom. The van der Waals surface area contributed by atoms with Crippen molar-refractivity contribution in [2.24, 2.45) is 0 Å². The molecule has 1 heterocycles. The zero-order chi connectivity index (χ0) is 8.72. The molecule has 0 atom stereocenters. The lowest BCUT2D eigenvalue weighted by atomic mass is 10.2. The van der Waals surface area contributed by atoms with Gasteiger partial charge in [0.15, 0.2) is 0 Å². The minimum Gasteiger partial charge on any atom is -0.391 e. The van der Waals surface area contributed by atoms with E-state index in [1.807, 2.05) is 18.2 Å². The summed E-state index contributed by atoms with van der Waals surface area (Å²) in [4.78, 5) is 0.870. The van der Waals surface area contributed by atoms with E-state index in [1.165, 1.54) is 11.3 Å². The molecule has 0 fully saturated rings. The minimum atomic E-state index is 0.713. The summed E-state index contributed by atoms with van der Waals surface area (Å²) in [6, 6.07) is 5.67. The van der Waals surface area contributed by atoms with E-state index < -0.39 is 0 Å². The van der Waals surface area contributed by atoms with Crippen molar-refractivity contribution in [3.05, 3.63) is 23.2 Å². The topological polar surface area (TPSA) is 26.0 Å². The van der Waals surface area contributed by atoms with E-state index in [0.29, 0.717) is 5.02 Å². The van der Waals surface area contributed by atoms with Crippen LogP contribution >= 0.6 is 35.6 Å². The number of rotatable bonds is 0. The fraction of sp³-hybridized carbons (Fsp3) is 0. The SMILES string of the molecule is Nc1cc2c(Cl)cc(S)cc2s1. The van der Waals surface area contributed by atoms with Crippen LogP contribution in [0.3, 0.4) is 0 Å². The highest BCUT2D eigenvalue weighted by atomic mass is 35.5. The Balaban J connectivity index is 2.88. The average molecular weight is 216 g/mol. The van der Waals surface area contributed by atoms with Crippen LogP contribution in [0.1, 0.15) is 0 Å². The Morgan fingerprint density at radius 3 is 2.83 bits per heavy atom. The van der Waals surface area contributed by atoms with Crippen molar-refractivity contribution >= 4 is 50.7 Å². The van der Waals surface area contributed by atoms with Crippen molar-refractivity contribution < 1.29 is 0 Å². The molecule has 2 rings (SSSR count). The van der Waals surface area contributed by atoms with Gasteiger partial charge in [-0.1, -0.05) is 11.6 Å². The van der Waals surface area contributed by atoms with Gasteiger partial charge in [0.2, 0.25) is 0 Å². The fourth-order valence-electron chi connectivity index (χ4n) is 1.10. The summed E-state index contributed by atoms with van der Waals surface area (Å²) in [7, 11) is 0. The Labute approximate surface area is 84.6 Å². The maximum Gasteiger partial charge on any atom is 0.0869 e. The van der Waals surface area contributed by atoms with Gasteiger partial charge >= 0.3 is 0 Å². The summed E-state index contributed by atoms with van der Waals surface area (Å²) < 4.78 is 1.09. The highest BCUT2D eigenvalue weighted by molar-refractivity contribution is 7.80. The molecule has 0 aliphatic carbocycles. The van der Waals surface area contributed by atoms with Crippen molar-refractivity contribution in [2.45, 2.75) is 4.90 Å². The van der Waals surface area contributed by atoms with Crippen LogP contribution in [-0.2, 0) is 0 Å². The third-order valence-corrected chi connectivity index (χ3v) is 3.07. The lowest BCUT2D eigenvalue weighted by Gasteiger charge is -1.94. The summed E-state index contributed by atoms with van der Waals surface area (Å²) in [6.45, 7) is 0. The second-order valence-corrected chi connectivity index (χ2v) is 4.53. The van der Waals surface area contributed by atoms with Gasteiger partial charge in [-0.3, -0.25) is 0 Å². The maximum atomic E-state index is 5.98. The molecular formula is C8H6ClNS2. The van der Waals surface area contributed by atoms with Crippen molar-refractivity contribution in [1.29, 1.82) is 0 Å². The maximum absolute atomic E-state index is 5.98. The summed E-state index contributed by atoms with van der Waals surface area (Å²) in [5.41, 5.74) is 5.64. The van der Waals surface area contributed by atoms with Crippen LogP contribution in [0.5, 0.6) is 0 Å². The quantitative estimate of drug-likeness (QED) is 0.647. The molecule has 0 radical (unpaired) electrons. The van der Waals surface area contributed by atoms with Crippen LogP contribution in [0.2, 0.25) is 5.02 Å². The van der Waals surface area contributed by atoms with Crippen molar-refractivity contribution in [3.8, 4) is 0 Å².